The van der Waals surface area contributed by atoms with Gasteiger partial charge in [-0.1, -0.05) is 35.1 Å². The zero-order chi connectivity index (χ0) is 14.7. The lowest BCUT2D eigenvalue weighted by molar-refractivity contribution is -0.116. The summed E-state index contributed by atoms with van der Waals surface area (Å²) >= 11 is 1.32. The van der Waals surface area contributed by atoms with Crippen molar-refractivity contribution in [1.29, 1.82) is 0 Å². The van der Waals surface area contributed by atoms with Crippen LogP contribution >= 0.6 is 11.8 Å². The standard InChI is InChI=1S/C13H11N5O2S/c1-8-15-12(20-18-8)10-5-3-2-4-9(10)6-14-17-13-16-11(19)7-21-13/h2-6H,7H2,1H3,(H,16,17,19). The molecule has 2 heterocycles. The summed E-state index contributed by atoms with van der Waals surface area (Å²) in [7, 11) is 0. The number of aryl methyl sites for hydroxylation is 1. The zero-order valence-electron chi connectivity index (χ0n) is 11.1. The normalized spacial score (nSPS) is 16.8. The summed E-state index contributed by atoms with van der Waals surface area (Å²) in [5.41, 5.74) is 1.59. The van der Waals surface area contributed by atoms with Crippen LogP contribution in [-0.4, -0.2) is 33.2 Å². The number of amidine groups is 1. The Balaban J connectivity index is 1.84. The van der Waals surface area contributed by atoms with Crippen LogP contribution in [0.5, 0.6) is 0 Å². The number of carbonyl (C=O) groups is 1. The van der Waals surface area contributed by atoms with Gasteiger partial charge in [0.15, 0.2) is 11.0 Å². The van der Waals surface area contributed by atoms with E-state index in [-0.39, 0.29) is 5.91 Å². The van der Waals surface area contributed by atoms with Gasteiger partial charge < -0.3 is 9.84 Å². The maximum Gasteiger partial charge on any atom is 0.258 e. The fourth-order valence-electron chi connectivity index (χ4n) is 1.73. The second-order valence-electron chi connectivity index (χ2n) is 4.22. The highest BCUT2D eigenvalue weighted by Crippen LogP contribution is 2.20. The van der Waals surface area contributed by atoms with E-state index in [1.54, 1.807) is 13.1 Å². The molecule has 1 aliphatic heterocycles. The van der Waals surface area contributed by atoms with Crippen molar-refractivity contribution in [2.24, 2.45) is 10.2 Å². The molecule has 1 aromatic carbocycles. The molecule has 2 aromatic rings. The van der Waals surface area contributed by atoms with Crippen molar-refractivity contribution < 1.29 is 9.32 Å². The molecule has 0 bridgehead atoms. The molecule has 0 spiro atoms. The van der Waals surface area contributed by atoms with E-state index >= 15 is 0 Å². The number of carbonyl (C=O) groups excluding carboxylic acids is 1. The van der Waals surface area contributed by atoms with Gasteiger partial charge in [-0.15, -0.1) is 5.10 Å². The first-order chi connectivity index (χ1) is 10.2. The van der Waals surface area contributed by atoms with Crippen molar-refractivity contribution in [3.63, 3.8) is 0 Å². The van der Waals surface area contributed by atoms with Crippen LogP contribution < -0.4 is 5.32 Å². The van der Waals surface area contributed by atoms with Crippen LogP contribution in [0.1, 0.15) is 11.4 Å². The first-order valence-corrected chi connectivity index (χ1v) is 7.14. The van der Waals surface area contributed by atoms with E-state index in [1.165, 1.54) is 11.8 Å². The molecule has 1 N–H and O–H groups in total. The lowest BCUT2D eigenvalue weighted by Crippen LogP contribution is -2.19. The summed E-state index contributed by atoms with van der Waals surface area (Å²) in [6.07, 6.45) is 1.59. The van der Waals surface area contributed by atoms with Gasteiger partial charge >= 0.3 is 0 Å². The molecule has 0 aliphatic carbocycles. The molecule has 1 aliphatic rings. The molecule has 3 rings (SSSR count). The molecule has 0 atom stereocenters. The van der Waals surface area contributed by atoms with Gasteiger partial charge in [-0.05, 0) is 13.0 Å². The number of nitrogens with one attached hydrogen (secondary N) is 1. The Morgan fingerprint density at radius 2 is 2.29 bits per heavy atom. The van der Waals surface area contributed by atoms with Gasteiger partial charge in [-0.2, -0.15) is 10.1 Å². The molecule has 21 heavy (non-hydrogen) atoms. The van der Waals surface area contributed by atoms with Gasteiger partial charge in [-0.3, -0.25) is 4.79 Å². The predicted octanol–water partition coefficient (Wildman–Crippen LogP) is 1.60. The van der Waals surface area contributed by atoms with E-state index in [0.29, 0.717) is 22.6 Å². The predicted molar refractivity (Wildman–Crippen MR) is 80.1 cm³/mol. The summed E-state index contributed by atoms with van der Waals surface area (Å²) < 4.78 is 5.17. The minimum Gasteiger partial charge on any atom is -0.334 e. The molecule has 0 radical (unpaired) electrons. The quantitative estimate of drug-likeness (QED) is 0.686. The van der Waals surface area contributed by atoms with Gasteiger partial charge in [-0.25, -0.2) is 0 Å². The smallest absolute Gasteiger partial charge is 0.258 e. The molecule has 8 heteroatoms. The Kier molecular flexibility index (Phi) is 3.78. The third kappa shape index (κ3) is 3.16. The van der Waals surface area contributed by atoms with Crippen LogP contribution in [0.25, 0.3) is 11.5 Å². The van der Waals surface area contributed by atoms with Crippen molar-refractivity contribution in [3.05, 3.63) is 35.7 Å². The summed E-state index contributed by atoms with van der Waals surface area (Å²) in [5.74, 6) is 1.33. The van der Waals surface area contributed by atoms with Gasteiger partial charge in [0, 0.05) is 11.1 Å². The van der Waals surface area contributed by atoms with Crippen LogP contribution in [0, 0.1) is 6.92 Å². The number of thioether (sulfide) groups is 1. The highest BCUT2D eigenvalue weighted by atomic mass is 32.2. The summed E-state index contributed by atoms with van der Waals surface area (Å²) in [6.45, 7) is 1.76. The van der Waals surface area contributed by atoms with Gasteiger partial charge in [0.05, 0.1) is 12.0 Å². The van der Waals surface area contributed by atoms with Crippen LogP contribution in [0.4, 0.5) is 0 Å². The van der Waals surface area contributed by atoms with Crippen molar-refractivity contribution in [2.75, 3.05) is 5.75 Å². The van der Waals surface area contributed by atoms with Crippen LogP contribution in [0.15, 0.2) is 39.0 Å². The molecule has 7 nitrogen and oxygen atoms in total. The molecule has 1 fully saturated rings. The molecule has 0 saturated carbocycles. The molecule has 1 saturated heterocycles. The van der Waals surface area contributed by atoms with E-state index in [2.05, 4.69) is 25.7 Å². The third-order valence-corrected chi connectivity index (χ3v) is 3.51. The minimum atomic E-state index is -0.0596. The molecule has 0 unspecified atom stereocenters. The minimum absolute atomic E-state index is 0.0596. The molecule has 1 amide bonds. The Morgan fingerprint density at radius 3 is 3.00 bits per heavy atom. The van der Waals surface area contributed by atoms with E-state index < -0.39 is 0 Å². The maximum atomic E-state index is 11.0. The van der Waals surface area contributed by atoms with Crippen LogP contribution in [-0.2, 0) is 4.79 Å². The Bertz CT molecular complexity index is 738. The average Bonchev–Trinajstić information content (AvgIpc) is 3.08. The summed E-state index contributed by atoms with van der Waals surface area (Å²) in [6, 6.07) is 7.50. The number of nitrogens with zero attached hydrogens (tertiary/aromatic N) is 4. The molecule has 1 aromatic heterocycles. The van der Waals surface area contributed by atoms with Crippen molar-refractivity contribution in [2.45, 2.75) is 6.92 Å². The SMILES string of the molecule is Cc1noc(-c2ccccc2C=NN=C2NC(=O)CS2)n1. The molecule has 106 valence electrons. The Labute approximate surface area is 124 Å². The maximum absolute atomic E-state index is 11.0. The largest absolute Gasteiger partial charge is 0.334 e. The molecular formula is C13H11N5O2S. The lowest BCUT2D eigenvalue weighted by atomic mass is 10.1. The van der Waals surface area contributed by atoms with Crippen LogP contribution in [0.2, 0.25) is 0 Å². The fourth-order valence-corrected chi connectivity index (χ4v) is 2.36. The number of benzene rings is 1. The van der Waals surface area contributed by atoms with E-state index in [9.17, 15) is 4.79 Å². The molecular weight excluding hydrogens is 290 g/mol. The number of hydrogen-bond donors (Lipinski definition) is 1. The van der Waals surface area contributed by atoms with E-state index in [0.717, 1.165) is 11.1 Å². The number of amides is 1. The van der Waals surface area contributed by atoms with E-state index in [4.69, 9.17) is 4.52 Å². The number of rotatable bonds is 3. The van der Waals surface area contributed by atoms with Crippen molar-refractivity contribution in [3.8, 4) is 11.5 Å². The average molecular weight is 301 g/mol. The van der Waals surface area contributed by atoms with Crippen LogP contribution in [0.3, 0.4) is 0 Å². The Morgan fingerprint density at radius 1 is 1.43 bits per heavy atom. The highest BCUT2D eigenvalue weighted by molar-refractivity contribution is 8.15. The second-order valence-corrected chi connectivity index (χ2v) is 5.18. The Hall–Kier alpha value is -2.48. The highest BCUT2D eigenvalue weighted by Gasteiger charge is 2.16. The van der Waals surface area contributed by atoms with Crippen molar-refractivity contribution in [1.82, 2.24) is 15.5 Å². The summed E-state index contributed by atoms with van der Waals surface area (Å²) in [5, 5.41) is 14.8. The van der Waals surface area contributed by atoms with Gasteiger partial charge in [0.25, 0.3) is 5.89 Å². The van der Waals surface area contributed by atoms with E-state index in [1.807, 2.05) is 24.3 Å². The third-order valence-electron chi connectivity index (χ3n) is 2.65. The van der Waals surface area contributed by atoms with Gasteiger partial charge in [0.2, 0.25) is 5.91 Å². The lowest BCUT2D eigenvalue weighted by Gasteiger charge is -1.98. The monoisotopic (exact) mass is 301 g/mol. The topological polar surface area (TPSA) is 92.7 Å². The first kappa shape index (κ1) is 13.5. The van der Waals surface area contributed by atoms with Gasteiger partial charge in [0.1, 0.15) is 0 Å². The fraction of sp³-hybridized carbons (Fsp3) is 0.154. The summed E-state index contributed by atoms with van der Waals surface area (Å²) in [4.78, 5) is 15.2. The number of aromatic nitrogens is 2. The second kappa shape index (κ2) is 5.88. The number of hydrogen-bond acceptors (Lipinski definition) is 7. The van der Waals surface area contributed by atoms with Crippen molar-refractivity contribution >= 4 is 29.1 Å². The first-order valence-electron chi connectivity index (χ1n) is 6.16. The zero-order valence-corrected chi connectivity index (χ0v) is 11.9.